The van der Waals surface area contributed by atoms with E-state index >= 15 is 0 Å². The zero-order valence-electron chi connectivity index (χ0n) is 11.0. The Morgan fingerprint density at radius 3 is 2.70 bits per heavy atom. The lowest BCUT2D eigenvalue weighted by Crippen LogP contribution is -2.23. The molecule has 1 unspecified atom stereocenters. The van der Waals surface area contributed by atoms with Crippen LogP contribution in [0.3, 0.4) is 0 Å². The van der Waals surface area contributed by atoms with Crippen molar-refractivity contribution in [2.24, 2.45) is 0 Å². The number of hydrogen-bond acceptors (Lipinski definition) is 2. The summed E-state index contributed by atoms with van der Waals surface area (Å²) in [6.07, 6.45) is 2.85. The zero-order chi connectivity index (χ0) is 14.5. The van der Waals surface area contributed by atoms with Crippen LogP contribution in [0.15, 0.2) is 36.7 Å². The molecular formula is C15H15F3N2. The third-order valence-corrected chi connectivity index (χ3v) is 3.03. The highest BCUT2D eigenvalue weighted by atomic mass is 19.2. The highest BCUT2D eigenvalue weighted by Gasteiger charge is 2.16. The largest absolute Gasteiger partial charge is 0.310 e. The molecule has 0 saturated heterocycles. The molecule has 0 aliphatic heterocycles. The number of nitrogens with one attached hydrogen (secondary N) is 1. The monoisotopic (exact) mass is 280 g/mol. The minimum absolute atomic E-state index is 0.225. The van der Waals surface area contributed by atoms with Crippen LogP contribution in [0.25, 0.3) is 0 Å². The number of likely N-dealkylation sites (N-methyl/N-ethyl adjacent to an activating group) is 1. The summed E-state index contributed by atoms with van der Waals surface area (Å²) in [5.41, 5.74) is 0.857. The molecule has 1 heterocycles. The summed E-state index contributed by atoms with van der Waals surface area (Å²) in [6.45, 7) is 2.51. The minimum atomic E-state index is -0.880. The first-order valence-corrected chi connectivity index (χ1v) is 6.38. The quantitative estimate of drug-likeness (QED) is 0.908. The van der Waals surface area contributed by atoms with Gasteiger partial charge < -0.3 is 5.32 Å². The Labute approximate surface area is 115 Å². The topological polar surface area (TPSA) is 24.9 Å². The van der Waals surface area contributed by atoms with E-state index in [2.05, 4.69) is 10.3 Å². The maximum absolute atomic E-state index is 13.7. The molecule has 106 valence electrons. The van der Waals surface area contributed by atoms with Crippen LogP contribution in [0.2, 0.25) is 0 Å². The third-order valence-electron chi connectivity index (χ3n) is 3.03. The van der Waals surface area contributed by atoms with Crippen LogP contribution in [0.5, 0.6) is 0 Å². The summed E-state index contributed by atoms with van der Waals surface area (Å²) in [4.78, 5) is 3.79. The van der Waals surface area contributed by atoms with Gasteiger partial charge in [0.15, 0.2) is 11.6 Å². The second-order valence-corrected chi connectivity index (χ2v) is 4.46. The molecule has 0 radical (unpaired) electrons. The van der Waals surface area contributed by atoms with Crippen LogP contribution < -0.4 is 5.32 Å². The van der Waals surface area contributed by atoms with E-state index in [1.807, 2.05) is 6.92 Å². The molecule has 0 saturated carbocycles. The van der Waals surface area contributed by atoms with E-state index in [-0.39, 0.29) is 18.0 Å². The van der Waals surface area contributed by atoms with Crippen LogP contribution in [0, 0.1) is 17.5 Å². The summed E-state index contributed by atoms with van der Waals surface area (Å²) in [5.74, 6) is -2.19. The molecule has 0 aliphatic rings. The number of rotatable bonds is 5. The Morgan fingerprint density at radius 1 is 1.20 bits per heavy atom. The fourth-order valence-corrected chi connectivity index (χ4v) is 2.10. The molecule has 1 aromatic heterocycles. The van der Waals surface area contributed by atoms with E-state index < -0.39 is 17.5 Å². The molecule has 1 aromatic carbocycles. The molecule has 0 amide bonds. The van der Waals surface area contributed by atoms with E-state index in [1.165, 1.54) is 24.4 Å². The molecule has 0 spiro atoms. The average Bonchev–Trinajstić information content (AvgIpc) is 2.43. The number of benzene rings is 1. The lowest BCUT2D eigenvalue weighted by molar-refractivity contribution is 0.479. The van der Waals surface area contributed by atoms with Gasteiger partial charge in [0.25, 0.3) is 0 Å². The van der Waals surface area contributed by atoms with E-state index in [4.69, 9.17) is 0 Å². The summed E-state index contributed by atoms with van der Waals surface area (Å²) >= 11 is 0. The summed E-state index contributed by atoms with van der Waals surface area (Å²) in [7, 11) is 0. The minimum Gasteiger partial charge on any atom is -0.310 e. The van der Waals surface area contributed by atoms with Crippen LogP contribution in [-0.2, 0) is 6.42 Å². The molecule has 1 atom stereocenters. The first-order chi connectivity index (χ1) is 9.61. The number of hydrogen-bond donors (Lipinski definition) is 1. The smallest absolute Gasteiger partial charge is 0.162 e. The van der Waals surface area contributed by atoms with Crippen molar-refractivity contribution in [3.05, 3.63) is 65.2 Å². The SMILES string of the molecule is CCNC(Cc1cccc(F)c1F)c1cncc(F)c1. The molecule has 0 aliphatic carbocycles. The van der Waals surface area contributed by atoms with Gasteiger partial charge in [0, 0.05) is 12.2 Å². The van der Waals surface area contributed by atoms with Crippen molar-refractivity contribution < 1.29 is 13.2 Å². The van der Waals surface area contributed by atoms with Crippen molar-refractivity contribution in [3.63, 3.8) is 0 Å². The van der Waals surface area contributed by atoms with Crippen LogP contribution in [-0.4, -0.2) is 11.5 Å². The molecule has 5 heteroatoms. The first-order valence-electron chi connectivity index (χ1n) is 6.38. The fourth-order valence-electron chi connectivity index (χ4n) is 2.10. The predicted molar refractivity (Wildman–Crippen MR) is 70.7 cm³/mol. The molecule has 2 nitrogen and oxygen atoms in total. The van der Waals surface area contributed by atoms with Gasteiger partial charge >= 0.3 is 0 Å². The average molecular weight is 280 g/mol. The molecule has 1 N–H and O–H groups in total. The molecule has 0 bridgehead atoms. The van der Waals surface area contributed by atoms with Crippen molar-refractivity contribution in [1.29, 1.82) is 0 Å². The number of pyridine rings is 1. The normalized spacial score (nSPS) is 12.4. The number of nitrogens with zero attached hydrogens (tertiary/aromatic N) is 1. The van der Waals surface area contributed by atoms with Crippen molar-refractivity contribution >= 4 is 0 Å². The van der Waals surface area contributed by atoms with Crippen LogP contribution in [0.4, 0.5) is 13.2 Å². The van der Waals surface area contributed by atoms with Crippen molar-refractivity contribution in [1.82, 2.24) is 10.3 Å². The highest BCUT2D eigenvalue weighted by Crippen LogP contribution is 2.21. The van der Waals surface area contributed by atoms with Crippen LogP contribution in [0.1, 0.15) is 24.1 Å². The summed E-state index contributed by atoms with van der Waals surface area (Å²) in [6, 6.07) is 5.08. The lowest BCUT2D eigenvalue weighted by atomic mass is 9.99. The molecule has 2 aromatic rings. The predicted octanol–water partition coefficient (Wildman–Crippen LogP) is 3.39. The standard InChI is InChI=1S/C15H15F3N2/c1-2-20-14(11-6-12(16)9-19-8-11)7-10-4-3-5-13(17)15(10)18/h3-6,8-9,14,20H,2,7H2,1H3. The second kappa shape index (κ2) is 6.52. The summed E-state index contributed by atoms with van der Waals surface area (Å²) in [5, 5.41) is 3.13. The fraction of sp³-hybridized carbons (Fsp3) is 0.267. The van der Waals surface area contributed by atoms with Crippen LogP contribution >= 0.6 is 0 Å². The van der Waals surface area contributed by atoms with Crippen molar-refractivity contribution in [3.8, 4) is 0 Å². The van der Waals surface area contributed by atoms with E-state index in [0.717, 1.165) is 12.3 Å². The lowest BCUT2D eigenvalue weighted by Gasteiger charge is -2.18. The number of halogens is 3. The molecule has 0 fully saturated rings. The van der Waals surface area contributed by atoms with Gasteiger partial charge in [-0.3, -0.25) is 4.98 Å². The highest BCUT2D eigenvalue weighted by molar-refractivity contribution is 5.24. The summed E-state index contributed by atoms with van der Waals surface area (Å²) < 4.78 is 40.1. The second-order valence-electron chi connectivity index (χ2n) is 4.46. The Kier molecular flexibility index (Phi) is 4.74. The van der Waals surface area contributed by atoms with E-state index in [1.54, 1.807) is 0 Å². The van der Waals surface area contributed by atoms with Crippen molar-refractivity contribution in [2.75, 3.05) is 6.54 Å². The maximum atomic E-state index is 13.7. The van der Waals surface area contributed by atoms with Gasteiger partial charge in [0.1, 0.15) is 5.82 Å². The third kappa shape index (κ3) is 3.36. The number of aromatic nitrogens is 1. The zero-order valence-corrected chi connectivity index (χ0v) is 11.0. The van der Waals surface area contributed by atoms with E-state index in [9.17, 15) is 13.2 Å². The van der Waals surface area contributed by atoms with Gasteiger partial charge in [-0.2, -0.15) is 0 Å². The first kappa shape index (κ1) is 14.5. The van der Waals surface area contributed by atoms with Gasteiger partial charge in [-0.15, -0.1) is 0 Å². The molecular weight excluding hydrogens is 265 g/mol. The Hall–Kier alpha value is -1.88. The Bertz CT molecular complexity index is 587. The van der Waals surface area contributed by atoms with Gasteiger partial charge in [-0.05, 0) is 36.2 Å². The van der Waals surface area contributed by atoms with E-state index in [0.29, 0.717) is 12.1 Å². The maximum Gasteiger partial charge on any atom is 0.162 e. The van der Waals surface area contributed by atoms with Gasteiger partial charge in [-0.1, -0.05) is 19.1 Å². The van der Waals surface area contributed by atoms with Gasteiger partial charge in [0.2, 0.25) is 0 Å². The molecule has 20 heavy (non-hydrogen) atoms. The Morgan fingerprint density at radius 2 is 2.00 bits per heavy atom. The molecule has 2 rings (SSSR count). The Balaban J connectivity index is 2.28. The van der Waals surface area contributed by atoms with Gasteiger partial charge in [0.05, 0.1) is 6.20 Å². The van der Waals surface area contributed by atoms with Crippen molar-refractivity contribution in [2.45, 2.75) is 19.4 Å². The van der Waals surface area contributed by atoms with Gasteiger partial charge in [-0.25, -0.2) is 13.2 Å².